The standard InChI is InChI=1S/C18H9Cl3N2O2S/c19-10-5-4-9(8-12(10)21)13-6-7-14(25-13)17(24)23-18-22-16-11(20)2-1-3-15(16)26-18/h1-8H,(H,22,23,24). The normalized spacial score (nSPS) is 11.0. The van der Waals surface area contributed by atoms with Crippen molar-refractivity contribution in [3.63, 3.8) is 0 Å². The van der Waals surface area contributed by atoms with Gasteiger partial charge in [-0.3, -0.25) is 10.1 Å². The molecule has 2 heterocycles. The summed E-state index contributed by atoms with van der Waals surface area (Å²) in [4.78, 5) is 16.8. The van der Waals surface area contributed by atoms with Crippen LogP contribution in [0.4, 0.5) is 5.13 Å². The highest BCUT2D eigenvalue weighted by atomic mass is 35.5. The maximum atomic E-state index is 12.4. The molecule has 0 radical (unpaired) electrons. The number of anilines is 1. The summed E-state index contributed by atoms with van der Waals surface area (Å²) in [5, 5.41) is 4.59. The molecule has 4 nitrogen and oxygen atoms in total. The number of rotatable bonds is 3. The third-order valence-electron chi connectivity index (χ3n) is 3.62. The van der Waals surface area contributed by atoms with E-state index in [2.05, 4.69) is 10.3 Å². The number of halogens is 3. The Hall–Kier alpha value is -2.05. The molecule has 0 bridgehead atoms. The third-order valence-corrected chi connectivity index (χ3v) is 5.60. The van der Waals surface area contributed by atoms with Gasteiger partial charge in [0, 0.05) is 5.56 Å². The molecule has 0 saturated heterocycles. The van der Waals surface area contributed by atoms with Crippen LogP contribution in [0.5, 0.6) is 0 Å². The molecule has 2 aromatic heterocycles. The molecule has 0 fully saturated rings. The van der Waals surface area contributed by atoms with E-state index in [0.29, 0.717) is 31.5 Å². The molecule has 1 N–H and O–H groups in total. The number of fused-ring (bicyclic) bond motifs is 1. The lowest BCUT2D eigenvalue weighted by Crippen LogP contribution is -2.10. The van der Waals surface area contributed by atoms with Crippen LogP contribution in [0, 0.1) is 0 Å². The van der Waals surface area contributed by atoms with Crippen LogP contribution in [0.3, 0.4) is 0 Å². The van der Waals surface area contributed by atoms with Crippen LogP contribution in [-0.2, 0) is 0 Å². The van der Waals surface area contributed by atoms with Crippen molar-refractivity contribution in [2.45, 2.75) is 0 Å². The summed E-state index contributed by atoms with van der Waals surface area (Å²) in [5.74, 6) is 0.281. The number of carbonyl (C=O) groups excluding carboxylic acids is 1. The van der Waals surface area contributed by atoms with Crippen LogP contribution in [0.15, 0.2) is 52.9 Å². The molecule has 1 amide bonds. The predicted molar refractivity (Wildman–Crippen MR) is 107 cm³/mol. The molecule has 0 aliphatic heterocycles. The Morgan fingerprint density at radius 1 is 1.00 bits per heavy atom. The van der Waals surface area contributed by atoms with Crippen molar-refractivity contribution in [3.8, 4) is 11.3 Å². The predicted octanol–water partition coefficient (Wildman–Crippen LogP) is 6.77. The number of nitrogens with one attached hydrogen (secondary N) is 1. The SMILES string of the molecule is O=C(Nc1nc2c(Cl)cccc2s1)c1ccc(-c2ccc(Cl)c(Cl)c2)o1. The average molecular weight is 424 g/mol. The first-order chi connectivity index (χ1) is 12.5. The fourth-order valence-electron chi connectivity index (χ4n) is 2.39. The van der Waals surface area contributed by atoms with Crippen LogP contribution >= 0.6 is 46.1 Å². The van der Waals surface area contributed by atoms with Crippen molar-refractivity contribution in [2.75, 3.05) is 5.32 Å². The highest BCUT2D eigenvalue weighted by molar-refractivity contribution is 7.22. The molecule has 4 rings (SSSR count). The smallest absolute Gasteiger partial charge is 0.293 e. The van der Waals surface area contributed by atoms with Gasteiger partial charge in [-0.2, -0.15) is 0 Å². The molecule has 0 atom stereocenters. The molecular weight excluding hydrogens is 415 g/mol. The summed E-state index contributed by atoms with van der Waals surface area (Å²) >= 11 is 19.4. The Bertz CT molecular complexity index is 1140. The van der Waals surface area contributed by atoms with E-state index >= 15 is 0 Å². The molecule has 0 aliphatic rings. The third kappa shape index (κ3) is 3.31. The van der Waals surface area contributed by atoms with Crippen molar-refractivity contribution < 1.29 is 9.21 Å². The quantitative estimate of drug-likeness (QED) is 0.395. The minimum absolute atomic E-state index is 0.163. The summed E-state index contributed by atoms with van der Waals surface area (Å²) in [6.07, 6.45) is 0. The molecule has 0 spiro atoms. The van der Waals surface area contributed by atoms with Gasteiger partial charge < -0.3 is 4.42 Å². The van der Waals surface area contributed by atoms with Gasteiger partial charge in [0.2, 0.25) is 0 Å². The number of aromatic nitrogens is 1. The number of para-hydroxylation sites is 1. The minimum atomic E-state index is -0.397. The van der Waals surface area contributed by atoms with Gasteiger partial charge in [-0.05, 0) is 42.5 Å². The number of amides is 1. The second-order valence-electron chi connectivity index (χ2n) is 5.35. The zero-order valence-corrected chi connectivity index (χ0v) is 16.0. The highest BCUT2D eigenvalue weighted by Gasteiger charge is 2.16. The van der Waals surface area contributed by atoms with Crippen molar-refractivity contribution in [1.29, 1.82) is 0 Å². The summed E-state index contributed by atoms with van der Waals surface area (Å²) < 4.78 is 6.53. The Kier molecular flexibility index (Phi) is 4.63. The highest BCUT2D eigenvalue weighted by Crippen LogP contribution is 2.32. The van der Waals surface area contributed by atoms with Crippen LogP contribution < -0.4 is 5.32 Å². The van der Waals surface area contributed by atoms with Gasteiger partial charge in [0.1, 0.15) is 11.3 Å². The molecule has 26 heavy (non-hydrogen) atoms. The fourth-order valence-corrected chi connectivity index (χ4v) is 3.85. The molecule has 0 unspecified atom stereocenters. The van der Waals surface area contributed by atoms with Crippen LogP contribution in [0.2, 0.25) is 15.1 Å². The number of hydrogen-bond acceptors (Lipinski definition) is 4. The number of benzene rings is 2. The molecular formula is C18H9Cl3N2O2S. The maximum Gasteiger partial charge on any atom is 0.293 e. The maximum absolute atomic E-state index is 12.4. The average Bonchev–Trinajstić information content (AvgIpc) is 3.25. The first kappa shape index (κ1) is 17.4. The summed E-state index contributed by atoms with van der Waals surface area (Å²) in [5.41, 5.74) is 1.38. The molecule has 0 aliphatic carbocycles. The lowest BCUT2D eigenvalue weighted by atomic mass is 10.2. The molecule has 2 aromatic carbocycles. The second kappa shape index (κ2) is 6.93. The van der Waals surface area contributed by atoms with Crippen LogP contribution in [0.25, 0.3) is 21.5 Å². The van der Waals surface area contributed by atoms with Gasteiger partial charge >= 0.3 is 0 Å². The number of thiazole rings is 1. The van der Waals surface area contributed by atoms with Gasteiger partial charge in [0.15, 0.2) is 10.9 Å². The Morgan fingerprint density at radius 3 is 2.62 bits per heavy atom. The van der Waals surface area contributed by atoms with E-state index < -0.39 is 5.91 Å². The summed E-state index contributed by atoms with van der Waals surface area (Å²) in [6.45, 7) is 0. The summed E-state index contributed by atoms with van der Waals surface area (Å²) in [6, 6.07) is 13.9. The van der Waals surface area contributed by atoms with E-state index in [-0.39, 0.29) is 5.76 Å². The fraction of sp³-hybridized carbons (Fsp3) is 0. The zero-order chi connectivity index (χ0) is 18.3. The van der Waals surface area contributed by atoms with Crippen molar-refractivity contribution >= 4 is 67.4 Å². The number of furan rings is 1. The zero-order valence-electron chi connectivity index (χ0n) is 12.9. The molecule has 8 heteroatoms. The molecule has 0 saturated carbocycles. The molecule has 4 aromatic rings. The minimum Gasteiger partial charge on any atom is -0.451 e. The lowest BCUT2D eigenvalue weighted by Gasteiger charge is -2.00. The van der Waals surface area contributed by atoms with Crippen molar-refractivity contribution in [2.24, 2.45) is 0 Å². The van der Waals surface area contributed by atoms with E-state index in [1.807, 2.05) is 12.1 Å². The van der Waals surface area contributed by atoms with Gasteiger partial charge in [0.25, 0.3) is 5.91 Å². The largest absolute Gasteiger partial charge is 0.451 e. The second-order valence-corrected chi connectivity index (χ2v) is 7.60. The Labute approximate surface area is 167 Å². The van der Waals surface area contributed by atoms with Crippen LogP contribution in [-0.4, -0.2) is 10.9 Å². The van der Waals surface area contributed by atoms with Gasteiger partial charge in [-0.25, -0.2) is 4.98 Å². The van der Waals surface area contributed by atoms with Crippen molar-refractivity contribution in [3.05, 3.63) is 69.4 Å². The van der Waals surface area contributed by atoms with E-state index in [0.717, 1.165) is 10.3 Å². The number of nitrogens with zero attached hydrogens (tertiary/aromatic N) is 1. The Morgan fingerprint density at radius 2 is 1.85 bits per heavy atom. The van der Waals surface area contributed by atoms with E-state index in [1.54, 1.807) is 36.4 Å². The monoisotopic (exact) mass is 422 g/mol. The van der Waals surface area contributed by atoms with E-state index in [4.69, 9.17) is 39.2 Å². The van der Waals surface area contributed by atoms with E-state index in [1.165, 1.54) is 11.3 Å². The molecule has 130 valence electrons. The number of hydrogen-bond donors (Lipinski definition) is 1. The van der Waals surface area contributed by atoms with Gasteiger partial charge in [0.05, 0.1) is 19.8 Å². The van der Waals surface area contributed by atoms with E-state index in [9.17, 15) is 4.79 Å². The Balaban J connectivity index is 1.57. The first-order valence-electron chi connectivity index (χ1n) is 7.43. The van der Waals surface area contributed by atoms with Gasteiger partial charge in [-0.1, -0.05) is 52.2 Å². The number of carbonyl (C=O) groups is 1. The van der Waals surface area contributed by atoms with Gasteiger partial charge in [-0.15, -0.1) is 0 Å². The van der Waals surface area contributed by atoms with Crippen molar-refractivity contribution in [1.82, 2.24) is 4.98 Å². The summed E-state index contributed by atoms with van der Waals surface area (Å²) in [7, 11) is 0. The topological polar surface area (TPSA) is 55.1 Å². The first-order valence-corrected chi connectivity index (χ1v) is 9.38. The lowest BCUT2D eigenvalue weighted by molar-refractivity contribution is 0.0997. The van der Waals surface area contributed by atoms with Crippen LogP contribution in [0.1, 0.15) is 10.6 Å².